The van der Waals surface area contributed by atoms with Crippen molar-refractivity contribution in [2.45, 2.75) is 32.9 Å². The Kier molecular flexibility index (Phi) is 8.32. The molecule has 0 spiro atoms. The first-order valence-electron chi connectivity index (χ1n) is 7.75. The lowest BCUT2D eigenvalue weighted by molar-refractivity contribution is -0.146. The van der Waals surface area contributed by atoms with Crippen LogP contribution in [0.1, 0.15) is 25.8 Å². The average Bonchev–Trinajstić information content (AvgIpc) is 2.58. The van der Waals surface area contributed by atoms with E-state index in [4.69, 9.17) is 4.74 Å². The van der Waals surface area contributed by atoms with E-state index in [0.717, 1.165) is 5.56 Å². The third kappa shape index (κ3) is 7.13. The zero-order valence-electron chi connectivity index (χ0n) is 14.2. The predicted octanol–water partition coefficient (Wildman–Crippen LogP) is 1.62. The van der Waals surface area contributed by atoms with Crippen LogP contribution in [-0.4, -0.2) is 37.7 Å². The predicted molar refractivity (Wildman–Crippen MR) is 88.0 cm³/mol. The highest BCUT2D eigenvalue weighted by Gasteiger charge is 2.24. The number of carbonyl (C=O) groups excluding carboxylic acids is 3. The molecule has 0 saturated carbocycles. The van der Waals surface area contributed by atoms with E-state index in [-0.39, 0.29) is 31.4 Å². The van der Waals surface area contributed by atoms with Gasteiger partial charge in [0.15, 0.2) is 0 Å². The van der Waals surface area contributed by atoms with Crippen molar-refractivity contribution in [2.75, 3.05) is 13.7 Å². The van der Waals surface area contributed by atoms with Gasteiger partial charge in [0.05, 0.1) is 7.11 Å². The number of nitrogens with one attached hydrogen (secondary N) is 2. The molecular weight excluding hydrogens is 312 g/mol. The van der Waals surface area contributed by atoms with Crippen molar-refractivity contribution in [2.24, 2.45) is 5.92 Å². The van der Waals surface area contributed by atoms with E-state index in [1.165, 1.54) is 7.11 Å². The molecule has 1 unspecified atom stereocenters. The number of esters is 1. The van der Waals surface area contributed by atoms with Gasteiger partial charge in [-0.3, -0.25) is 4.79 Å². The molecule has 1 aromatic rings. The van der Waals surface area contributed by atoms with Crippen LogP contribution in [0.5, 0.6) is 0 Å². The molecule has 0 aromatic heterocycles. The fourth-order valence-corrected chi connectivity index (χ4v) is 1.92. The fraction of sp³-hybridized carbons (Fsp3) is 0.471. The SMILES string of the molecule is COC(=O)C(NC(=O)CCNC(=O)OCc1ccccc1)C(C)C. The zero-order valence-corrected chi connectivity index (χ0v) is 14.2. The van der Waals surface area contributed by atoms with E-state index < -0.39 is 18.1 Å². The maximum absolute atomic E-state index is 11.8. The third-order valence-corrected chi connectivity index (χ3v) is 3.27. The van der Waals surface area contributed by atoms with Gasteiger partial charge < -0.3 is 20.1 Å². The minimum Gasteiger partial charge on any atom is -0.467 e. The van der Waals surface area contributed by atoms with Gasteiger partial charge in [-0.05, 0) is 11.5 Å². The van der Waals surface area contributed by atoms with E-state index in [0.29, 0.717) is 0 Å². The Morgan fingerprint density at radius 2 is 1.79 bits per heavy atom. The summed E-state index contributed by atoms with van der Waals surface area (Å²) < 4.78 is 9.68. The van der Waals surface area contributed by atoms with Crippen molar-refractivity contribution < 1.29 is 23.9 Å². The third-order valence-electron chi connectivity index (χ3n) is 3.27. The Hall–Kier alpha value is -2.57. The van der Waals surface area contributed by atoms with Crippen molar-refractivity contribution in [3.8, 4) is 0 Å². The molecule has 2 N–H and O–H groups in total. The van der Waals surface area contributed by atoms with Crippen LogP contribution in [0.2, 0.25) is 0 Å². The molecule has 1 rings (SSSR count). The molecule has 0 saturated heterocycles. The molecule has 0 aliphatic rings. The lowest BCUT2D eigenvalue weighted by Gasteiger charge is -2.19. The number of benzene rings is 1. The number of alkyl carbamates (subject to hydrolysis) is 1. The number of hydrogen-bond acceptors (Lipinski definition) is 5. The lowest BCUT2D eigenvalue weighted by Crippen LogP contribution is -2.45. The van der Waals surface area contributed by atoms with Crippen molar-refractivity contribution in [1.29, 1.82) is 0 Å². The van der Waals surface area contributed by atoms with Crippen molar-refractivity contribution in [3.05, 3.63) is 35.9 Å². The van der Waals surface area contributed by atoms with E-state index in [2.05, 4.69) is 15.4 Å². The molecule has 2 amide bonds. The zero-order chi connectivity index (χ0) is 17.9. The van der Waals surface area contributed by atoms with Gasteiger partial charge in [-0.2, -0.15) is 0 Å². The Morgan fingerprint density at radius 1 is 1.12 bits per heavy atom. The van der Waals surface area contributed by atoms with Gasteiger partial charge >= 0.3 is 12.1 Å². The standard InChI is InChI=1S/C17H24N2O5/c1-12(2)15(16(21)23-3)19-14(20)9-10-18-17(22)24-11-13-7-5-4-6-8-13/h4-8,12,15H,9-11H2,1-3H3,(H,18,22)(H,19,20). The van der Waals surface area contributed by atoms with Crippen LogP contribution in [0.25, 0.3) is 0 Å². The molecule has 0 fully saturated rings. The fourth-order valence-electron chi connectivity index (χ4n) is 1.92. The molecule has 7 heteroatoms. The van der Waals surface area contributed by atoms with E-state index in [9.17, 15) is 14.4 Å². The topological polar surface area (TPSA) is 93.7 Å². The van der Waals surface area contributed by atoms with Gasteiger partial charge in [-0.1, -0.05) is 44.2 Å². The molecule has 0 aliphatic heterocycles. The van der Waals surface area contributed by atoms with Crippen LogP contribution < -0.4 is 10.6 Å². The summed E-state index contributed by atoms with van der Waals surface area (Å²) in [4.78, 5) is 34.9. The van der Waals surface area contributed by atoms with Crippen LogP contribution in [0, 0.1) is 5.92 Å². The minimum atomic E-state index is -0.701. The number of hydrogen-bond donors (Lipinski definition) is 2. The molecule has 1 aromatic carbocycles. The van der Waals surface area contributed by atoms with Gasteiger partial charge in [0, 0.05) is 13.0 Å². The summed E-state index contributed by atoms with van der Waals surface area (Å²) in [6.07, 6.45) is -0.555. The van der Waals surface area contributed by atoms with Gasteiger partial charge in [0.25, 0.3) is 0 Å². The van der Waals surface area contributed by atoms with E-state index in [1.807, 2.05) is 30.3 Å². The first-order valence-corrected chi connectivity index (χ1v) is 7.75. The normalized spacial score (nSPS) is 11.5. The average molecular weight is 336 g/mol. The summed E-state index contributed by atoms with van der Waals surface area (Å²) in [6.45, 7) is 3.89. The lowest BCUT2D eigenvalue weighted by atomic mass is 10.0. The van der Waals surface area contributed by atoms with Crippen LogP contribution in [-0.2, 0) is 25.7 Å². The summed E-state index contributed by atoms with van der Waals surface area (Å²) in [5.74, 6) is -0.929. The quantitative estimate of drug-likeness (QED) is 0.704. The van der Waals surface area contributed by atoms with E-state index >= 15 is 0 Å². The molecular formula is C17H24N2O5. The van der Waals surface area contributed by atoms with Crippen LogP contribution in [0.4, 0.5) is 4.79 Å². The first-order chi connectivity index (χ1) is 11.4. The maximum atomic E-state index is 11.8. The molecule has 132 valence electrons. The summed E-state index contributed by atoms with van der Waals surface area (Å²) in [7, 11) is 1.27. The summed E-state index contributed by atoms with van der Waals surface area (Å²) >= 11 is 0. The largest absolute Gasteiger partial charge is 0.467 e. The van der Waals surface area contributed by atoms with Crippen LogP contribution in [0.3, 0.4) is 0 Å². The number of carbonyl (C=O) groups is 3. The van der Waals surface area contributed by atoms with Crippen molar-refractivity contribution >= 4 is 18.0 Å². The van der Waals surface area contributed by atoms with Crippen LogP contribution in [0.15, 0.2) is 30.3 Å². The molecule has 0 bridgehead atoms. The second kappa shape index (κ2) is 10.3. The van der Waals surface area contributed by atoms with Gasteiger partial charge in [-0.25, -0.2) is 9.59 Å². The molecule has 7 nitrogen and oxygen atoms in total. The smallest absolute Gasteiger partial charge is 0.407 e. The van der Waals surface area contributed by atoms with Crippen molar-refractivity contribution in [1.82, 2.24) is 10.6 Å². The molecule has 0 aliphatic carbocycles. The second-order valence-electron chi connectivity index (χ2n) is 5.55. The van der Waals surface area contributed by atoms with Gasteiger partial charge in [0.2, 0.25) is 5.91 Å². The highest BCUT2D eigenvalue weighted by molar-refractivity contribution is 5.84. The highest BCUT2D eigenvalue weighted by atomic mass is 16.5. The number of rotatable bonds is 8. The van der Waals surface area contributed by atoms with E-state index in [1.54, 1.807) is 13.8 Å². The summed E-state index contributed by atoms with van der Waals surface area (Å²) in [6, 6.07) is 8.58. The Morgan fingerprint density at radius 3 is 2.38 bits per heavy atom. The Balaban J connectivity index is 2.26. The van der Waals surface area contributed by atoms with Crippen molar-refractivity contribution in [3.63, 3.8) is 0 Å². The van der Waals surface area contributed by atoms with Gasteiger partial charge in [0.1, 0.15) is 12.6 Å². The number of ether oxygens (including phenoxy) is 2. The first kappa shape index (κ1) is 19.5. The molecule has 0 heterocycles. The second-order valence-corrected chi connectivity index (χ2v) is 5.55. The van der Waals surface area contributed by atoms with Gasteiger partial charge in [-0.15, -0.1) is 0 Å². The van der Waals surface area contributed by atoms with Crippen LogP contribution >= 0.6 is 0 Å². The Bertz CT molecular complexity index is 545. The molecule has 0 radical (unpaired) electrons. The molecule has 1 atom stereocenters. The monoisotopic (exact) mass is 336 g/mol. The number of methoxy groups -OCH3 is 1. The number of amides is 2. The summed E-state index contributed by atoms with van der Waals surface area (Å²) in [5.41, 5.74) is 0.878. The molecule has 24 heavy (non-hydrogen) atoms. The summed E-state index contributed by atoms with van der Waals surface area (Å²) in [5, 5.41) is 5.08. The maximum Gasteiger partial charge on any atom is 0.407 e. The Labute approximate surface area is 141 Å². The highest BCUT2D eigenvalue weighted by Crippen LogP contribution is 2.04. The minimum absolute atomic E-state index is 0.0423.